The van der Waals surface area contributed by atoms with E-state index in [4.69, 9.17) is 4.55 Å². The Morgan fingerprint density at radius 1 is 1.33 bits per heavy atom. The fourth-order valence-electron chi connectivity index (χ4n) is 2.33. The van der Waals surface area contributed by atoms with Gasteiger partial charge in [0.1, 0.15) is 5.25 Å². The highest BCUT2D eigenvalue weighted by molar-refractivity contribution is 7.87. The van der Waals surface area contributed by atoms with Crippen molar-refractivity contribution in [1.29, 1.82) is 0 Å². The average Bonchev–Trinajstić information content (AvgIpc) is 2.00. The molecule has 1 rings (SSSR count). The summed E-state index contributed by atoms with van der Waals surface area (Å²) in [5, 5.41) is -1.21. The van der Waals surface area contributed by atoms with Gasteiger partial charge >= 0.3 is 0 Å². The van der Waals surface area contributed by atoms with Crippen molar-refractivity contribution in [1.82, 2.24) is 0 Å². The predicted octanol–water partition coefficient (Wildman–Crippen LogP) is 1.51. The van der Waals surface area contributed by atoms with Gasteiger partial charge in [-0.2, -0.15) is 8.42 Å². The van der Waals surface area contributed by atoms with E-state index in [0.29, 0.717) is 6.42 Å². The molecular formula is C10H18O4S. The van der Waals surface area contributed by atoms with Crippen LogP contribution in [-0.2, 0) is 14.9 Å². The second kappa shape index (κ2) is 4.22. The predicted molar refractivity (Wildman–Crippen MR) is 57.1 cm³/mol. The lowest BCUT2D eigenvalue weighted by Gasteiger charge is -2.32. The third-order valence-corrected chi connectivity index (χ3v) is 4.56. The van der Waals surface area contributed by atoms with Gasteiger partial charge in [-0.3, -0.25) is 9.35 Å². The zero-order chi connectivity index (χ0) is 11.8. The topological polar surface area (TPSA) is 71.4 Å². The summed E-state index contributed by atoms with van der Waals surface area (Å²) in [4.78, 5) is 11.9. The summed E-state index contributed by atoms with van der Waals surface area (Å²) in [6.07, 6.45) is 1.41. The van der Waals surface area contributed by atoms with Crippen molar-refractivity contribution in [3.05, 3.63) is 0 Å². The maximum absolute atomic E-state index is 11.9. The molecule has 0 heterocycles. The van der Waals surface area contributed by atoms with Crippen LogP contribution in [0.3, 0.4) is 0 Å². The van der Waals surface area contributed by atoms with Gasteiger partial charge in [0.05, 0.1) is 0 Å². The molecule has 0 spiro atoms. The first kappa shape index (κ1) is 12.6. The molecule has 0 aromatic carbocycles. The Morgan fingerprint density at radius 3 is 2.27 bits per heavy atom. The zero-order valence-electron chi connectivity index (χ0n) is 9.30. The van der Waals surface area contributed by atoms with Crippen LogP contribution < -0.4 is 0 Å². The Hall–Kier alpha value is -0.420. The Morgan fingerprint density at radius 2 is 1.87 bits per heavy atom. The molecule has 4 nitrogen and oxygen atoms in total. The molecule has 0 radical (unpaired) electrons. The van der Waals surface area contributed by atoms with Crippen molar-refractivity contribution >= 4 is 15.9 Å². The minimum absolute atomic E-state index is 0.134. The number of hydrogen-bond donors (Lipinski definition) is 1. The molecule has 3 atom stereocenters. The van der Waals surface area contributed by atoms with Crippen LogP contribution >= 0.6 is 0 Å². The van der Waals surface area contributed by atoms with E-state index in [-0.39, 0.29) is 23.5 Å². The summed E-state index contributed by atoms with van der Waals surface area (Å²) in [7, 11) is -4.24. The quantitative estimate of drug-likeness (QED) is 0.735. The normalized spacial score (nSPS) is 33.4. The summed E-state index contributed by atoms with van der Waals surface area (Å²) < 4.78 is 31.3. The SMILES string of the molecule is CC(C)[C@H]1CC[C@@H](C)[C@H](S(=O)(=O)O)C1=O. The zero-order valence-corrected chi connectivity index (χ0v) is 10.1. The summed E-state index contributed by atoms with van der Waals surface area (Å²) in [6.45, 7) is 5.51. The van der Waals surface area contributed by atoms with Gasteiger partial charge < -0.3 is 0 Å². The van der Waals surface area contributed by atoms with E-state index in [9.17, 15) is 13.2 Å². The standard InChI is InChI=1S/C10H18O4S/c1-6(2)8-5-4-7(3)10(9(8)11)15(12,13)14/h6-8,10H,4-5H2,1-3H3,(H,12,13,14)/t7-,8-,10+/m1/s1. The van der Waals surface area contributed by atoms with E-state index in [2.05, 4.69) is 0 Å². The van der Waals surface area contributed by atoms with E-state index < -0.39 is 15.4 Å². The van der Waals surface area contributed by atoms with Crippen LogP contribution in [0.1, 0.15) is 33.6 Å². The first-order chi connectivity index (χ1) is 6.75. The van der Waals surface area contributed by atoms with Crippen molar-refractivity contribution in [2.24, 2.45) is 17.8 Å². The Labute approximate surface area is 90.8 Å². The van der Waals surface area contributed by atoms with Gasteiger partial charge in [-0.15, -0.1) is 0 Å². The molecule has 0 aliphatic heterocycles. The molecule has 0 aromatic heterocycles. The first-order valence-electron chi connectivity index (χ1n) is 5.25. The highest BCUT2D eigenvalue weighted by Crippen LogP contribution is 2.33. The van der Waals surface area contributed by atoms with Crippen LogP contribution in [0.15, 0.2) is 0 Å². The summed E-state index contributed by atoms with van der Waals surface area (Å²) >= 11 is 0. The van der Waals surface area contributed by atoms with E-state index >= 15 is 0 Å². The monoisotopic (exact) mass is 234 g/mol. The molecule has 1 aliphatic carbocycles. The molecule has 0 unspecified atom stereocenters. The number of ketones is 1. The summed E-state index contributed by atoms with van der Waals surface area (Å²) in [6, 6.07) is 0. The number of hydrogen-bond acceptors (Lipinski definition) is 3. The van der Waals surface area contributed by atoms with Crippen LogP contribution in [0.5, 0.6) is 0 Å². The van der Waals surface area contributed by atoms with E-state index in [1.807, 2.05) is 13.8 Å². The molecule has 1 saturated carbocycles. The number of rotatable bonds is 2. The van der Waals surface area contributed by atoms with Gasteiger partial charge in [0.2, 0.25) is 0 Å². The van der Waals surface area contributed by atoms with E-state index in [1.54, 1.807) is 6.92 Å². The Kier molecular flexibility index (Phi) is 3.55. The van der Waals surface area contributed by atoms with Crippen molar-refractivity contribution in [2.45, 2.75) is 38.9 Å². The van der Waals surface area contributed by atoms with Gasteiger partial charge in [0, 0.05) is 5.92 Å². The molecule has 1 fully saturated rings. The van der Waals surface area contributed by atoms with Gasteiger partial charge in [-0.25, -0.2) is 0 Å². The lowest BCUT2D eigenvalue weighted by molar-refractivity contribution is -0.126. The second-order valence-electron chi connectivity index (χ2n) is 4.74. The third kappa shape index (κ3) is 2.58. The molecule has 15 heavy (non-hydrogen) atoms. The first-order valence-corrected chi connectivity index (χ1v) is 6.75. The maximum Gasteiger partial charge on any atom is 0.275 e. The minimum Gasteiger partial charge on any atom is -0.298 e. The van der Waals surface area contributed by atoms with Gasteiger partial charge in [-0.05, 0) is 24.7 Å². The molecule has 0 aromatic rings. The molecule has 1 aliphatic rings. The fraction of sp³-hybridized carbons (Fsp3) is 0.900. The highest BCUT2D eigenvalue weighted by Gasteiger charge is 2.44. The largest absolute Gasteiger partial charge is 0.298 e. The van der Waals surface area contributed by atoms with Crippen LogP contribution in [0, 0.1) is 17.8 Å². The van der Waals surface area contributed by atoms with Crippen LogP contribution in [-0.4, -0.2) is 24.0 Å². The van der Waals surface area contributed by atoms with Crippen molar-refractivity contribution in [2.75, 3.05) is 0 Å². The molecule has 0 saturated heterocycles. The van der Waals surface area contributed by atoms with Gasteiger partial charge in [0.15, 0.2) is 5.78 Å². The van der Waals surface area contributed by atoms with E-state index in [0.717, 1.165) is 6.42 Å². The number of carbonyl (C=O) groups is 1. The Balaban J connectivity index is 2.99. The third-order valence-electron chi connectivity index (χ3n) is 3.22. The molecule has 0 amide bonds. The van der Waals surface area contributed by atoms with Crippen molar-refractivity contribution in [3.8, 4) is 0 Å². The molecule has 1 N–H and O–H groups in total. The minimum atomic E-state index is -4.24. The van der Waals surface area contributed by atoms with E-state index in [1.165, 1.54) is 0 Å². The highest BCUT2D eigenvalue weighted by atomic mass is 32.2. The van der Waals surface area contributed by atoms with Crippen LogP contribution in [0.2, 0.25) is 0 Å². The second-order valence-corrected chi connectivity index (χ2v) is 6.28. The average molecular weight is 234 g/mol. The van der Waals surface area contributed by atoms with Crippen molar-refractivity contribution < 1.29 is 17.8 Å². The lowest BCUT2D eigenvalue weighted by atomic mass is 9.76. The maximum atomic E-state index is 11.9. The van der Waals surface area contributed by atoms with Gasteiger partial charge in [0.25, 0.3) is 10.1 Å². The van der Waals surface area contributed by atoms with Crippen molar-refractivity contribution in [3.63, 3.8) is 0 Å². The fourth-order valence-corrected chi connectivity index (χ4v) is 3.52. The molecular weight excluding hydrogens is 216 g/mol. The number of Topliss-reactive ketones (excluding diaryl/α,β-unsaturated/α-hetero) is 1. The smallest absolute Gasteiger partial charge is 0.275 e. The van der Waals surface area contributed by atoms with Gasteiger partial charge in [-0.1, -0.05) is 20.8 Å². The van der Waals surface area contributed by atoms with Crippen LogP contribution in [0.25, 0.3) is 0 Å². The lowest BCUT2D eigenvalue weighted by Crippen LogP contribution is -2.45. The molecule has 0 bridgehead atoms. The summed E-state index contributed by atoms with van der Waals surface area (Å²) in [5.74, 6) is -0.684. The summed E-state index contributed by atoms with van der Waals surface area (Å²) in [5.41, 5.74) is 0. The Bertz CT molecular complexity index is 344. The molecule has 5 heteroatoms. The molecule has 88 valence electrons. The number of carbonyl (C=O) groups excluding carboxylic acids is 1. The van der Waals surface area contributed by atoms with Crippen LogP contribution in [0.4, 0.5) is 0 Å².